The summed E-state index contributed by atoms with van der Waals surface area (Å²) in [6, 6.07) is 8.57. The molecule has 0 aliphatic carbocycles. The lowest BCUT2D eigenvalue weighted by Crippen LogP contribution is -2.27. The van der Waals surface area contributed by atoms with Crippen molar-refractivity contribution >= 4 is 27.3 Å². The molecule has 1 amide bonds. The second-order valence-corrected chi connectivity index (χ2v) is 9.59. The van der Waals surface area contributed by atoms with Crippen molar-refractivity contribution in [3.8, 4) is 11.5 Å². The molecule has 0 radical (unpaired) electrons. The Morgan fingerprint density at radius 3 is 2.68 bits per heavy atom. The Kier molecular flexibility index (Phi) is 6.93. The normalized spacial score (nSPS) is 13.8. The number of amides is 1. The number of sulfonamides is 1. The lowest BCUT2D eigenvalue weighted by atomic mass is 10.3. The zero-order chi connectivity index (χ0) is 20.0. The quantitative estimate of drug-likeness (QED) is 0.636. The van der Waals surface area contributed by atoms with E-state index in [0.29, 0.717) is 37.7 Å². The van der Waals surface area contributed by atoms with Gasteiger partial charge < -0.3 is 14.8 Å². The second-order valence-electron chi connectivity index (χ2n) is 6.45. The van der Waals surface area contributed by atoms with Crippen LogP contribution in [0.2, 0.25) is 0 Å². The number of carbonyl (C=O) groups is 1. The molecule has 2 N–H and O–H groups in total. The summed E-state index contributed by atoms with van der Waals surface area (Å²) in [4.78, 5) is 14.3. The molecule has 0 saturated heterocycles. The highest BCUT2D eigenvalue weighted by atomic mass is 32.2. The van der Waals surface area contributed by atoms with Crippen LogP contribution in [0.25, 0.3) is 0 Å². The number of hydrogen-bond donors (Lipinski definition) is 2. The summed E-state index contributed by atoms with van der Waals surface area (Å²) in [6.45, 7) is 3.74. The van der Waals surface area contributed by atoms with Gasteiger partial charge >= 0.3 is 0 Å². The van der Waals surface area contributed by atoms with Crippen molar-refractivity contribution in [1.82, 2.24) is 10.0 Å². The molecular weight excluding hydrogens is 400 g/mol. The van der Waals surface area contributed by atoms with E-state index in [1.165, 1.54) is 17.0 Å². The maximum atomic E-state index is 12.5. The molecule has 1 aromatic carbocycles. The lowest BCUT2D eigenvalue weighted by molar-refractivity contribution is -0.121. The van der Waals surface area contributed by atoms with E-state index >= 15 is 0 Å². The van der Waals surface area contributed by atoms with Gasteiger partial charge in [0, 0.05) is 35.2 Å². The van der Waals surface area contributed by atoms with Crippen molar-refractivity contribution in [1.29, 1.82) is 0 Å². The summed E-state index contributed by atoms with van der Waals surface area (Å²) in [5.74, 6) is 0.887. The predicted molar refractivity (Wildman–Crippen MR) is 107 cm³/mol. The molecule has 1 aliphatic heterocycles. The van der Waals surface area contributed by atoms with Crippen molar-refractivity contribution in [3.05, 3.63) is 40.1 Å². The number of carbonyl (C=O) groups excluding carboxylic acids is 1. The largest absolute Gasteiger partial charge is 0.490 e. The highest BCUT2D eigenvalue weighted by Gasteiger charge is 2.18. The Bertz CT molecular complexity index is 924. The Labute approximate surface area is 169 Å². The van der Waals surface area contributed by atoms with Crippen LogP contribution in [0.3, 0.4) is 0 Å². The maximum Gasteiger partial charge on any atom is 0.240 e. The Balaban J connectivity index is 1.44. The molecule has 7 nitrogen and oxygen atoms in total. The fourth-order valence-corrected chi connectivity index (χ4v) is 4.62. The van der Waals surface area contributed by atoms with E-state index in [4.69, 9.17) is 9.47 Å². The first-order valence-electron chi connectivity index (χ1n) is 9.15. The smallest absolute Gasteiger partial charge is 0.240 e. The predicted octanol–water partition coefficient (Wildman–Crippen LogP) is 2.59. The van der Waals surface area contributed by atoms with Crippen molar-refractivity contribution in [3.63, 3.8) is 0 Å². The van der Waals surface area contributed by atoms with Gasteiger partial charge in [-0.3, -0.25) is 4.79 Å². The third-order valence-electron chi connectivity index (χ3n) is 4.16. The lowest BCUT2D eigenvalue weighted by Gasteiger charge is -2.11. The van der Waals surface area contributed by atoms with Crippen molar-refractivity contribution in [2.45, 2.75) is 37.6 Å². The fraction of sp³-hybridized carbons (Fsp3) is 0.421. The molecule has 28 heavy (non-hydrogen) atoms. The highest BCUT2D eigenvalue weighted by Crippen LogP contribution is 2.31. The van der Waals surface area contributed by atoms with Gasteiger partial charge in [-0.2, -0.15) is 0 Å². The summed E-state index contributed by atoms with van der Waals surface area (Å²) in [7, 11) is -3.67. The number of thiophene rings is 1. The summed E-state index contributed by atoms with van der Waals surface area (Å²) >= 11 is 1.64. The Hall–Kier alpha value is -2.10. The van der Waals surface area contributed by atoms with Crippen LogP contribution in [-0.4, -0.2) is 34.1 Å². The van der Waals surface area contributed by atoms with Crippen LogP contribution >= 0.6 is 11.3 Å². The van der Waals surface area contributed by atoms with E-state index in [1.54, 1.807) is 17.4 Å². The highest BCUT2D eigenvalue weighted by molar-refractivity contribution is 7.89. The van der Waals surface area contributed by atoms with Gasteiger partial charge in [-0.15, -0.1) is 11.3 Å². The average molecular weight is 425 g/mol. The summed E-state index contributed by atoms with van der Waals surface area (Å²) in [5, 5.41) is 2.85. The minimum atomic E-state index is -3.67. The standard InChI is InChI=1S/C19H24N2O5S2/c1-14-5-6-15(27-14)13-20-19(22)4-2-9-21-28(23,24)16-7-8-17-18(12-16)26-11-3-10-25-17/h5-8,12,21H,2-4,9-11,13H2,1H3,(H,20,22). The van der Waals surface area contributed by atoms with Crippen LogP contribution in [0.4, 0.5) is 0 Å². The Morgan fingerprint density at radius 2 is 1.93 bits per heavy atom. The van der Waals surface area contributed by atoms with Crippen molar-refractivity contribution in [2.75, 3.05) is 19.8 Å². The first-order valence-corrected chi connectivity index (χ1v) is 11.5. The van der Waals surface area contributed by atoms with Gasteiger partial charge in [-0.1, -0.05) is 0 Å². The van der Waals surface area contributed by atoms with Gasteiger partial charge in [0.15, 0.2) is 11.5 Å². The number of ether oxygens (including phenoxy) is 2. The molecule has 1 aromatic heterocycles. The first kappa shape index (κ1) is 20.6. The number of rotatable bonds is 8. The van der Waals surface area contributed by atoms with Crippen LogP contribution < -0.4 is 19.5 Å². The van der Waals surface area contributed by atoms with E-state index in [9.17, 15) is 13.2 Å². The summed E-state index contributed by atoms with van der Waals surface area (Å²) in [5.41, 5.74) is 0. The molecule has 2 aromatic rings. The van der Waals surface area contributed by atoms with Gasteiger partial charge in [0.25, 0.3) is 0 Å². The molecule has 0 bridgehead atoms. The van der Waals surface area contributed by atoms with E-state index in [0.717, 1.165) is 11.3 Å². The molecule has 152 valence electrons. The number of fused-ring (bicyclic) bond motifs is 1. The zero-order valence-corrected chi connectivity index (χ0v) is 17.3. The number of hydrogen-bond acceptors (Lipinski definition) is 6. The molecule has 0 saturated carbocycles. The van der Waals surface area contributed by atoms with E-state index < -0.39 is 10.0 Å². The minimum Gasteiger partial charge on any atom is -0.490 e. The molecule has 3 rings (SSSR count). The molecule has 0 atom stereocenters. The van der Waals surface area contributed by atoms with Crippen LogP contribution in [0.15, 0.2) is 35.2 Å². The molecule has 0 spiro atoms. The molecular formula is C19H24N2O5S2. The molecule has 0 unspecified atom stereocenters. The summed E-state index contributed by atoms with van der Waals surface area (Å²) in [6.07, 6.45) is 1.43. The van der Waals surface area contributed by atoms with Crippen LogP contribution in [-0.2, 0) is 21.4 Å². The van der Waals surface area contributed by atoms with Gasteiger partial charge in [0.1, 0.15) is 0 Å². The van der Waals surface area contributed by atoms with Crippen molar-refractivity contribution < 1.29 is 22.7 Å². The average Bonchev–Trinajstić information content (AvgIpc) is 2.95. The first-order chi connectivity index (χ1) is 13.4. The van der Waals surface area contributed by atoms with Gasteiger partial charge in [0.2, 0.25) is 15.9 Å². The fourth-order valence-electron chi connectivity index (χ4n) is 2.70. The van der Waals surface area contributed by atoms with Gasteiger partial charge in [0.05, 0.1) is 24.7 Å². The van der Waals surface area contributed by atoms with Crippen LogP contribution in [0.5, 0.6) is 11.5 Å². The Morgan fingerprint density at radius 1 is 1.14 bits per heavy atom. The maximum absolute atomic E-state index is 12.5. The number of nitrogens with one attached hydrogen (secondary N) is 2. The van der Waals surface area contributed by atoms with E-state index in [2.05, 4.69) is 10.0 Å². The van der Waals surface area contributed by atoms with Crippen LogP contribution in [0.1, 0.15) is 29.0 Å². The topological polar surface area (TPSA) is 93.7 Å². The zero-order valence-electron chi connectivity index (χ0n) is 15.7. The third kappa shape index (κ3) is 5.70. The SMILES string of the molecule is Cc1ccc(CNC(=O)CCCNS(=O)(=O)c2ccc3c(c2)OCCCO3)s1. The van der Waals surface area contributed by atoms with Crippen molar-refractivity contribution in [2.24, 2.45) is 0 Å². The molecule has 0 fully saturated rings. The van der Waals surface area contributed by atoms with Gasteiger partial charge in [-0.25, -0.2) is 13.1 Å². The number of benzene rings is 1. The summed E-state index contributed by atoms with van der Waals surface area (Å²) < 4.78 is 38.5. The molecule has 9 heteroatoms. The van der Waals surface area contributed by atoms with Crippen LogP contribution in [0, 0.1) is 6.92 Å². The molecule has 2 heterocycles. The van der Waals surface area contributed by atoms with E-state index in [1.807, 2.05) is 19.1 Å². The molecule has 1 aliphatic rings. The minimum absolute atomic E-state index is 0.0965. The number of aryl methyl sites for hydroxylation is 1. The third-order valence-corrected chi connectivity index (χ3v) is 6.62. The second kappa shape index (κ2) is 9.40. The monoisotopic (exact) mass is 424 g/mol. The van der Waals surface area contributed by atoms with Gasteiger partial charge in [-0.05, 0) is 37.6 Å². The van der Waals surface area contributed by atoms with E-state index in [-0.39, 0.29) is 23.8 Å².